The first kappa shape index (κ1) is 20.3. The van der Waals surface area contributed by atoms with Crippen LogP contribution >= 0.6 is 23.2 Å². The molecule has 0 aliphatic carbocycles. The Morgan fingerprint density at radius 2 is 2.13 bits per heavy atom. The van der Waals surface area contributed by atoms with Crippen LogP contribution in [0.3, 0.4) is 0 Å². The SMILES string of the molecule is C=CC(=O)N1CC[C@H](Nc2ccc3ncnc(Oc4ccc(Cl)c(Cl)c4F)c3n2)C1. The smallest absolute Gasteiger partial charge is 0.249 e. The molecule has 1 N–H and O–H groups in total. The van der Waals surface area contributed by atoms with Crippen molar-refractivity contribution in [1.82, 2.24) is 19.9 Å². The van der Waals surface area contributed by atoms with E-state index in [0.29, 0.717) is 29.9 Å². The number of likely N-dealkylation sites (tertiary alicyclic amines) is 1. The van der Waals surface area contributed by atoms with Crippen molar-refractivity contribution in [3.63, 3.8) is 0 Å². The lowest BCUT2D eigenvalue weighted by Gasteiger charge is -2.16. The van der Waals surface area contributed by atoms with Crippen molar-refractivity contribution in [3.05, 3.63) is 59.1 Å². The van der Waals surface area contributed by atoms with Gasteiger partial charge in [-0.15, -0.1) is 0 Å². The van der Waals surface area contributed by atoms with Crippen LogP contribution in [-0.4, -0.2) is 44.9 Å². The molecule has 0 spiro atoms. The molecule has 1 atom stereocenters. The van der Waals surface area contributed by atoms with Crippen molar-refractivity contribution < 1.29 is 13.9 Å². The molecule has 3 heterocycles. The zero-order chi connectivity index (χ0) is 21.3. The van der Waals surface area contributed by atoms with E-state index >= 15 is 0 Å². The van der Waals surface area contributed by atoms with Crippen LogP contribution in [0.4, 0.5) is 10.2 Å². The van der Waals surface area contributed by atoms with E-state index in [9.17, 15) is 9.18 Å². The van der Waals surface area contributed by atoms with Gasteiger partial charge in [0.1, 0.15) is 12.1 Å². The number of aromatic nitrogens is 3. The quantitative estimate of drug-likeness (QED) is 0.459. The number of rotatable bonds is 5. The van der Waals surface area contributed by atoms with E-state index < -0.39 is 5.82 Å². The minimum Gasteiger partial charge on any atom is -0.434 e. The summed E-state index contributed by atoms with van der Waals surface area (Å²) >= 11 is 11.7. The number of benzene rings is 1. The van der Waals surface area contributed by atoms with Crippen molar-refractivity contribution in [2.75, 3.05) is 18.4 Å². The van der Waals surface area contributed by atoms with E-state index in [4.69, 9.17) is 27.9 Å². The third-order valence-electron chi connectivity index (χ3n) is 4.68. The van der Waals surface area contributed by atoms with E-state index in [2.05, 4.69) is 26.8 Å². The predicted octanol–water partition coefficient (Wildman–Crippen LogP) is 4.46. The number of nitrogens with one attached hydrogen (secondary N) is 1. The fourth-order valence-corrected chi connectivity index (χ4v) is 3.48. The fraction of sp³-hybridized carbons (Fsp3) is 0.200. The van der Waals surface area contributed by atoms with Crippen LogP contribution < -0.4 is 10.1 Å². The topological polar surface area (TPSA) is 80.2 Å². The summed E-state index contributed by atoms with van der Waals surface area (Å²) in [7, 11) is 0. The van der Waals surface area contributed by atoms with Gasteiger partial charge >= 0.3 is 0 Å². The minimum atomic E-state index is -0.789. The number of hydrogen-bond donors (Lipinski definition) is 1. The van der Waals surface area contributed by atoms with Crippen molar-refractivity contribution in [2.45, 2.75) is 12.5 Å². The van der Waals surface area contributed by atoms with Gasteiger partial charge in [0.15, 0.2) is 17.1 Å². The van der Waals surface area contributed by atoms with Gasteiger partial charge in [-0.25, -0.2) is 14.4 Å². The van der Waals surface area contributed by atoms with Crippen LogP contribution in [0.5, 0.6) is 11.6 Å². The Bertz CT molecular complexity index is 1140. The zero-order valence-corrected chi connectivity index (χ0v) is 17.1. The van der Waals surface area contributed by atoms with Crippen LogP contribution in [0.1, 0.15) is 6.42 Å². The number of halogens is 3. The van der Waals surface area contributed by atoms with Gasteiger partial charge in [0.05, 0.1) is 15.6 Å². The van der Waals surface area contributed by atoms with Gasteiger partial charge in [-0.1, -0.05) is 29.8 Å². The van der Waals surface area contributed by atoms with E-state index in [1.807, 2.05) is 0 Å². The summed E-state index contributed by atoms with van der Waals surface area (Å²) in [6.45, 7) is 4.71. The Kier molecular flexibility index (Phi) is 5.69. The Balaban J connectivity index is 1.59. The lowest BCUT2D eigenvalue weighted by atomic mass is 10.2. The molecule has 1 aromatic carbocycles. The highest BCUT2D eigenvalue weighted by molar-refractivity contribution is 6.42. The number of anilines is 1. The summed E-state index contributed by atoms with van der Waals surface area (Å²) in [6, 6.07) is 6.37. The highest BCUT2D eigenvalue weighted by atomic mass is 35.5. The Labute approximate surface area is 181 Å². The first-order valence-electron chi connectivity index (χ1n) is 9.07. The van der Waals surface area contributed by atoms with Crippen molar-refractivity contribution in [3.8, 4) is 11.6 Å². The molecule has 7 nitrogen and oxygen atoms in total. The van der Waals surface area contributed by atoms with Crippen LogP contribution in [-0.2, 0) is 4.79 Å². The van der Waals surface area contributed by atoms with E-state index in [0.717, 1.165) is 6.42 Å². The molecular formula is C20H16Cl2FN5O2. The second kappa shape index (κ2) is 8.41. The molecule has 1 aliphatic heterocycles. The largest absolute Gasteiger partial charge is 0.434 e. The molecule has 3 aromatic rings. The van der Waals surface area contributed by atoms with Crippen LogP contribution in [0, 0.1) is 5.82 Å². The number of nitrogens with zero attached hydrogens (tertiary/aromatic N) is 4. The second-order valence-corrected chi connectivity index (χ2v) is 7.42. The normalized spacial score (nSPS) is 16.0. The number of pyridine rings is 1. The van der Waals surface area contributed by atoms with Crippen LogP contribution in [0.2, 0.25) is 10.0 Å². The molecule has 10 heteroatoms. The number of carbonyl (C=O) groups is 1. The van der Waals surface area contributed by atoms with Crippen molar-refractivity contribution in [1.29, 1.82) is 0 Å². The van der Waals surface area contributed by atoms with Gasteiger partial charge in [-0.05, 0) is 36.8 Å². The lowest BCUT2D eigenvalue weighted by Crippen LogP contribution is -2.30. The van der Waals surface area contributed by atoms with Gasteiger partial charge < -0.3 is 15.0 Å². The summed E-state index contributed by atoms with van der Waals surface area (Å²) in [5.41, 5.74) is 0.880. The van der Waals surface area contributed by atoms with E-state index in [-0.39, 0.29) is 33.6 Å². The Hall–Kier alpha value is -2.97. The number of fused-ring (bicyclic) bond motifs is 1. The van der Waals surface area contributed by atoms with Crippen LogP contribution in [0.15, 0.2) is 43.2 Å². The molecule has 30 heavy (non-hydrogen) atoms. The summed E-state index contributed by atoms with van der Waals surface area (Å²) < 4.78 is 20.0. The second-order valence-electron chi connectivity index (χ2n) is 6.64. The third-order valence-corrected chi connectivity index (χ3v) is 5.46. The maximum absolute atomic E-state index is 14.4. The minimum absolute atomic E-state index is 0.0420. The molecule has 0 bridgehead atoms. The van der Waals surface area contributed by atoms with Gasteiger partial charge in [0, 0.05) is 19.1 Å². The molecule has 1 fully saturated rings. The fourth-order valence-electron chi connectivity index (χ4n) is 3.18. The van der Waals surface area contributed by atoms with E-state index in [1.165, 1.54) is 24.5 Å². The molecule has 1 aliphatic rings. The summed E-state index contributed by atoms with van der Waals surface area (Å²) in [5, 5.41) is 3.15. The third kappa shape index (κ3) is 4.01. The average molecular weight is 448 g/mol. The van der Waals surface area contributed by atoms with Gasteiger partial charge in [-0.3, -0.25) is 4.79 Å². The Morgan fingerprint density at radius 1 is 1.30 bits per heavy atom. The molecule has 0 unspecified atom stereocenters. The van der Waals surface area contributed by atoms with Gasteiger partial charge in [-0.2, -0.15) is 4.98 Å². The summed E-state index contributed by atoms with van der Waals surface area (Å²) in [6.07, 6.45) is 3.39. The van der Waals surface area contributed by atoms with Gasteiger partial charge in [0.2, 0.25) is 11.8 Å². The van der Waals surface area contributed by atoms with Crippen molar-refractivity contribution in [2.24, 2.45) is 0 Å². The summed E-state index contributed by atoms with van der Waals surface area (Å²) in [4.78, 5) is 26.3. The lowest BCUT2D eigenvalue weighted by molar-refractivity contribution is -0.125. The molecule has 1 amide bonds. The molecular weight excluding hydrogens is 432 g/mol. The first-order chi connectivity index (χ1) is 14.5. The highest BCUT2D eigenvalue weighted by Crippen LogP contribution is 2.34. The molecule has 4 rings (SSSR count). The van der Waals surface area contributed by atoms with Crippen molar-refractivity contribution >= 4 is 46.0 Å². The summed E-state index contributed by atoms with van der Waals surface area (Å²) in [5.74, 6) is -0.369. The predicted molar refractivity (Wildman–Crippen MR) is 113 cm³/mol. The van der Waals surface area contributed by atoms with E-state index in [1.54, 1.807) is 17.0 Å². The van der Waals surface area contributed by atoms with Crippen LogP contribution in [0.25, 0.3) is 11.0 Å². The maximum atomic E-state index is 14.4. The average Bonchev–Trinajstić information content (AvgIpc) is 3.22. The first-order valence-corrected chi connectivity index (χ1v) is 9.83. The zero-order valence-electron chi connectivity index (χ0n) is 15.6. The molecule has 154 valence electrons. The number of ether oxygens (including phenoxy) is 1. The molecule has 0 radical (unpaired) electrons. The molecule has 1 saturated heterocycles. The molecule has 2 aromatic heterocycles. The highest BCUT2D eigenvalue weighted by Gasteiger charge is 2.25. The number of carbonyl (C=O) groups excluding carboxylic acids is 1. The monoisotopic (exact) mass is 447 g/mol. The number of hydrogen-bond acceptors (Lipinski definition) is 6. The number of amides is 1. The Morgan fingerprint density at radius 3 is 2.93 bits per heavy atom. The standard InChI is InChI=1S/C20H16Cl2FN5O2/c1-2-16(29)28-8-7-11(9-28)26-15-6-4-13-19(27-15)20(25-10-24-13)30-14-5-3-12(21)17(22)18(14)23/h2-6,10-11H,1,7-9H2,(H,26,27)/t11-/m0/s1. The molecule has 0 saturated carbocycles. The van der Waals surface area contributed by atoms with Gasteiger partial charge in [0.25, 0.3) is 0 Å². The maximum Gasteiger partial charge on any atom is 0.249 e.